The molecule has 0 aromatic rings. The van der Waals surface area contributed by atoms with Crippen molar-refractivity contribution in [3.63, 3.8) is 0 Å². The Labute approximate surface area is 159 Å². The number of nitrogens with one attached hydrogen (secondary N) is 1. The highest BCUT2D eigenvalue weighted by Gasteiger charge is 2.24. The average molecular weight is 377 g/mol. The highest BCUT2D eigenvalue weighted by molar-refractivity contribution is 5.76. The fourth-order valence-corrected chi connectivity index (χ4v) is 2.06. The van der Waals surface area contributed by atoms with E-state index < -0.39 is 0 Å². The lowest BCUT2D eigenvalue weighted by molar-refractivity contribution is -0.124. The van der Waals surface area contributed by atoms with Gasteiger partial charge in [0.25, 0.3) is 0 Å². The molecule has 0 unspecified atom stereocenters. The van der Waals surface area contributed by atoms with Crippen LogP contribution in [0.3, 0.4) is 0 Å². The van der Waals surface area contributed by atoms with Crippen LogP contribution in [0.5, 0.6) is 0 Å². The molecule has 7 heteroatoms. The maximum atomic E-state index is 12.0. The van der Waals surface area contributed by atoms with E-state index in [-0.39, 0.29) is 16.7 Å². The van der Waals surface area contributed by atoms with Crippen LogP contribution in [-0.4, -0.2) is 71.9 Å². The van der Waals surface area contributed by atoms with Crippen LogP contribution >= 0.6 is 0 Å². The Bertz CT molecular complexity index is 362. The van der Waals surface area contributed by atoms with Crippen LogP contribution in [-0.2, 0) is 23.7 Å². The summed E-state index contributed by atoms with van der Waals surface area (Å²) in [6, 6.07) is 0. The van der Waals surface area contributed by atoms with Crippen molar-refractivity contribution < 1.29 is 23.7 Å². The summed E-state index contributed by atoms with van der Waals surface area (Å²) in [4.78, 5) is 12.0. The smallest absolute Gasteiger partial charge is 0.220 e. The predicted molar refractivity (Wildman–Crippen MR) is 103 cm³/mol. The second-order valence-electron chi connectivity index (χ2n) is 7.97. The summed E-state index contributed by atoms with van der Waals surface area (Å²) >= 11 is 0. The molecule has 0 aliphatic heterocycles. The van der Waals surface area contributed by atoms with Crippen LogP contribution in [0.2, 0.25) is 0 Å². The van der Waals surface area contributed by atoms with Crippen molar-refractivity contribution in [1.82, 2.24) is 5.32 Å². The molecule has 0 heterocycles. The van der Waals surface area contributed by atoms with Gasteiger partial charge >= 0.3 is 0 Å². The minimum Gasteiger partial charge on any atom is -0.380 e. The van der Waals surface area contributed by atoms with Crippen LogP contribution in [0, 0.1) is 10.8 Å². The predicted octanol–water partition coefficient (Wildman–Crippen LogP) is 1.59. The molecule has 0 atom stereocenters. The van der Waals surface area contributed by atoms with Crippen molar-refractivity contribution in [1.29, 1.82) is 0 Å². The van der Waals surface area contributed by atoms with E-state index >= 15 is 0 Å². The van der Waals surface area contributed by atoms with E-state index in [0.29, 0.717) is 72.4 Å². The van der Waals surface area contributed by atoms with Crippen LogP contribution in [0.4, 0.5) is 0 Å². The van der Waals surface area contributed by atoms with E-state index in [4.69, 9.17) is 24.7 Å². The number of hydrogen-bond acceptors (Lipinski definition) is 6. The molecule has 7 nitrogen and oxygen atoms in total. The van der Waals surface area contributed by atoms with Crippen molar-refractivity contribution in [2.24, 2.45) is 16.6 Å². The number of carbonyl (C=O) groups is 1. The van der Waals surface area contributed by atoms with Gasteiger partial charge in [-0.1, -0.05) is 27.7 Å². The van der Waals surface area contributed by atoms with Gasteiger partial charge in [-0.25, -0.2) is 0 Å². The highest BCUT2D eigenvalue weighted by atomic mass is 16.5. The zero-order valence-corrected chi connectivity index (χ0v) is 17.4. The van der Waals surface area contributed by atoms with Crippen molar-refractivity contribution in [2.75, 3.05) is 65.9 Å². The molecule has 156 valence electrons. The Morgan fingerprint density at radius 3 is 1.96 bits per heavy atom. The molecular formula is C19H40N2O5. The lowest BCUT2D eigenvalue weighted by Gasteiger charge is -2.28. The highest BCUT2D eigenvalue weighted by Crippen LogP contribution is 2.22. The lowest BCUT2D eigenvalue weighted by Crippen LogP contribution is -2.35. The number of nitrogens with two attached hydrogens (primary N) is 1. The summed E-state index contributed by atoms with van der Waals surface area (Å²) in [6.45, 7) is 15.7. The Hall–Kier alpha value is -0.730. The number of ether oxygens (including phenoxy) is 4. The molecule has 0 fully saturated rings. The zero-order valence-electron chi connectivity index (χ0n) is 17.4. The molecule has 0 aliphatic rings. The summed E-state index contributed by atoms with van der Waals surface area (Å²) in [5, 5.41) is 2.88. The van der Waals surface area contributed by atoms with Gasteiger partial charge in [-0.05, 0) is 18.9 Å². The molecule has 0 aromatic carbocycles. The van der Waals surface area contributed by atoms with Gasteiger partial charge in [-0.15, -0.1) is 0 Å². The minimum atomic E-state index is -0.218. The van der Waals surface area contributed by atoms with Crippen LogP contribution in [0.1, 0.15) is 41.0 Å². The van der Waals surface area contributed by atoms with E-state index in [1.807, 2.05) is 20.8 Å². The standard InChI is InChI=1S/C19H40N2O5/c1-6-23-9-10-25-12-11-24-8-7-21-17(22)13-18(2,3)15-26-16-19(4,5)14-20/h6-16,20H2,1-5H3,(H,21,22). The SMILES string of the molecule is CCOCCOCCOCCNC(=O)CC(C)(C)COCC(C)(C)CN. The first-order chi connectivity index (χ1) is 12.2. The van der Waals surface area contributed by atoms with Crippen molar-refractivity contribution in [3.8, 4) is 0 Å². The summed E-state index contributed by atoms with van der Waals surface area (Å²) in [6.07, 6.45) is 0.413. The van der Waals surface area contributed by atoms with E-state index in [2.05, 4.69) is 19.2 Å². The van der Waals surface area contributed by atoms with Crippen molar-refractivity contribution in [2.45, 2.75) is 41.0 Å². The van der Waals surface area contributed by atoms with Gasteiger partial charge < -0.3 is 30.0 Å². The topological polar surface area (TPSA) is 92.0 Å². The van der Waals surface area contributed by atoms with Crippen molar-refractivity contribution in [3.05, 3.63) is 0 Å². The van der Waals surface area contributed by atoms with Gasteiger partial charge in [-0.2, -0.15) is 0 Å². The molecule has 0 bridgehead atoms. The second-order valence-corrected chi connectivity index (χ2v) is 7.97. The maximum Gasteiger partial charge on any atom is 0.220 e. The number of rotatable bonds is 17. The second kappa shape index (κ2) is 14.3. The van der Waals surface area contributed by atoms with Gasteiger partial charge in [0.2, 0.25) is 5.91 Å². The molecule has 26 heavy (non-hydrogen) atoms. The Morgan fingerprint density at radius 2 is 1.38 bits per heavy atom. The lowest BCUT2D eigenvalue weighted by atomic mass is 9.89. The van der Waals surface area contributed by atoms with Crippen LogP contribution in [0.25, 0.3) is 0 Å². The Morgan fingerprint density at radius 1 is 0.846 bits per heavy atom. The third kappa shape index (κ3) is 15.5. The molecule has 0 spiro atoms. The van der Waals surface area contributed by atoms with E-state index in [0.717, 1.165) is 0 Å². The summed E-state index contributed by atoms with van der Waals surface area (Å²) in [5.41, 5.74) is 5.44. The minimum absolute atomic E-state index is 0.00764. The first-order valence-electron chi connectivity index (χ1n) is 9.50. The molecule has 0 saturated heterocycles. The van der Waals surface area contributed by atoms with E-state index in [1.165, 1.54) is 0 Å². The molecule has 0 radical (unpaired) electrons. The van der Waals surface area contributed by atoms with Gasteiger partial charge in [0, 0.05) is 25.0 Å². The third-order valence-electron chi connectivity index (χ3n) is 3.69. The quantitative estimate of drug-likeness (QED) is 0.375. The first kappa shape index (κ1) is 25.3. The largest absolute Gasteiger partial charge is 0.380 e. The van der Waals surface area contributed by atoms with Gasteiger partial charge in [-0.3, -0.25) is 4.79 Å². The number of amides is 1. The summed E-state index contributed by atoms with van der Waals surface area (Å²) < 4.78 is 21.7. The number of hydrogen-bond donors (Lipinski definition) is 2. The molecule has 1 amide bonds. The molecule has 0 aliphatic carbocycles. The monoisotopic (exact) mass is 376 g/mol. The first-order valence-corrected chi connectivity index (χ1v) is 9.50. The molecule has 0 aromatic heterocycles. The molecule has 0 saturated carbocycles. The summed E-state index contributed by atoms with van der Waals surface area (Å²) in [5.74, 6) is 0.00764. The van der Waals surface area contributed by atoms with Gasteiger partial charge in [0.1, 0.15) is 0 Å². The van der Waals surface area contributed by atoms with Crippen LogP contribution < -0.4 is 11.1 Å². The normalized spacial score (nSPS) is 12.4. The fraction of sp³-hybridized carbons (Fsp3) is 0.947. The maximum absolute atomic E-state index is 12.0. The van der Waals surface area contributed by atoms with E-state index in [9.17, 15) is 4.79 Å². The Kier molecular flexibility index (Phi) is 13.9. The van der Waals surface area contributed by atoms with Crippen LogP contribution in [0.15, 0.2) is 0 Å². The average Bonchev–Trinajstić information content (AvgIpc) is 2.55. The Balaban J connectivity index is 3.65. The van der Waals surface area contributed by atoms with Gasteiger partial charge in [0.15, 0.2) is 0 Å². The molecular weight excluding hydrogens is 336 g/mol. The zero-order chi connectivity index (χ0) is 19.9. The van der Waals surface area contributed by atoms with Gasteiger partial charge in [0.05, 0.1) is 46.2 Å². The summed E-state index contributed by atoms with van der Waals surface area (Å²) in [7, 11) is 0. The van der Waals surface area contributed by atoms with Crippen molar-refractivity contribution >= 4 is 5.91 Å². The fourth-order valence-electron chi connectivity index (χ4n) is 2.06. The number of carbonyl (C=O) groups excluding carboxylic acids is 1. The van der Waals surface area contributed by atoms with E-state index in [1.54, 1.807) is 0 Å². The molecule has 3 N–H and O–H groups in total. The third-order valence-corrected chi connectivity index (χ3v) is 3.69. The molecule has 0 rings (SSSR count).